The molecule has 1 aliphatic heterocycles. The van der Waals surface area contributed by atoms with Crippen LogP contribution in [0.15, 0.2) is 24.3 Å². The average Bonchev–Trinajstić information content (AvgIpc) is 2.80. The Bertz CT molecular complexity index is 668. The lowest BCUT2D eigenvalue weighted by Crippen LogP contribution is -2.60. The second-order valence-electron chi connectivity index (χ2n) is 5.41. The maximum absolute atomic E-state index is 12.7. The summed E-state index contributed by atoms with van der Waals surface area (Å²) < 4.78 is 0. The third-order valence-corrected chi connectivity index (χ3v) is 4.51. The van der Waals surface area contributed by atoms with Gasteiger partial charge in [-0.2, -0.15) is 0 Å². The molecule has 0 radical (unpaired) electrons. The summed E-state index contributed by atoms with van der Waals surface area (Å²) in [5, 5.41) is -1.000. The quantitative estimate of drug-likeness (QED) is 0.482. The minimum absolute atomic E-state index is 0.0200. The van der Waals surface area contributed by atoms with Gasteiger partial charge in [0, 0.05) is 0 Å². The summed E-state index contributed by atoms with van der Waals surface area (Å²) in [5.74, 6) is -1.85. The van der Waals surface area contributed by atoms with Gasteiger partial charge in [-0.05, 0) is 36.6 Å². The number of amides is 2. The number of imide groups is 1. The molecule has 0 unspecified atom stereocenters. The van der Waals surface area contributed by atoms with Crippen LogP contribution >= 0.6 is 11.6 Å². The zero-order valence-corrected chi connectivity index (χ0v) is 13.6. The number of carbonyl (C=O) groups is 4. The SMILES string of the molecule is CC[C@@H](C(=O)[C@@](N)(CC)C(=O)Cl)N1C(=O)c2ccccc2C1=O. The zero-order valence-electron chi connectivity index (χ0n) is 12.8. The van der Waals surface area contributed by atoms with Crippen molar-refractivity contribution in [2.75, 3.05) is 0 Å². The van der Waals surface area contributed by atoms with Crippen LogP contribution in [-0.4, -0.2) is 39.3 Å². The second-order valence-corrected chi connectivity index (χ2v) is 5.76. The van der Waals surface area contributed by atoms with Gasteiger partial charge in [0.25, 0.3) is 11.8 Å². The van der Waals surface area contributed by atoms with E-state index in [1.165, 1.54) is 12.1 Å². The van der Waals surface area contributed by atoms with Crippen LogP contribution in [-0.2, 0) is 9.59 Å². The summed E-state index contributed by atoms with van der Waals surface area (Å²) in [7, 11) is 0. The van der Waals surface area contributed by atoms with E-state index < -0.39 is 34.4 Å². The molecule has 0 saturated carbocycles. The van der Waals surface area contributed by atoms with E-state index in [0.29, 0.717) is 0 Å². The monoisotopic (exact) mass is 336 g/mol. The number of benzene rings is 1. The second kappa shape index (κ2) is 6.22. The third-order valence-electron chi connectivity index (χ3n) is 4.17. The maximum Gasteiger partial charge on any atom is 0.262 e. The number of ketones is 1. The Morgan fingerprint density at radius 2 is 1.65 bits per heavy atom. The molecule has 1 aromatic rings. The Hall–Kier alpha value is -2.05. The van der Waals surface area contributed by atoms with Crippen molar-refractivity contribution in [2.45, 2.75) is 38.3 Å². The lowest BCUT2D eigenvalue weighted by Gasteiger charge is -2.31. The molecule has 2 rings (SSSR count). The van der Waals surface area contributed by atoms with E-state index in [-0.39, 0.29) is 24.0 Å². The number of nitrogens with zero attached hydrogens (tertiary/aromatic N) is 1. The summed E-state index contributed by atoms with van der Waals surface area (Å²) in [6.45, 7) is 3.19. The van der Waals surface area contributed by atoms with Crippen LogP contribution < -0.4 is 5.73 Å². The summed E-state index contributed by atoms with van der Waals surface area (Å²) in [6, 6.07) is 5.19. The Kier molecular flexibility index (Phi) is 4.68. The highest BCUT2D eigenvalue weighted by molar-refractivity contribution is 6.68. The molecule has 0 aliphatic carbocycles. The fourth-order valence-corrected chi connectivity index (χ4v) is 2.91. The minimum Gasteiger partial charge on any atom is -0.312 e. The van der Waals surface area contributed by atoms with E-state index in [2.05, 4.69) is 0 Å². The minimum atomic E-state index is -1.92. The van der Waals surface area contributed by atoms with Crippen LogP contribution in [0.5, 0.6) is 0 Å². The Morgan fingerprint density at radius 3 is 2.00 bits per heavy atom. The van der Waals surface area contributed by atoms with Crippen molar-refractivity contribution >= 4 is 34.4 Å². The number of Topliss-reactive ketones (excluding diaryl/α,β-unsaturated/α-hetero) is 1. The van der Waals surface area contributed by atoms with Crippen LogP contribution in [0.2, 0.25) is 0 Å². The van der Waals surface area contributed by atoms with Crippen LogP contribution in [0.1, 0.15) is 47.4 Å². The summed E-state index contributed by atoms with van der Waals surface area (Å²) in [6.07, 6.45) is 0.126. The molecule has 122 valence electrons. The van der Waals surface area contributed by atoms with Crippen molar-refractivity contribution in [1.29, 1.82) is 0 Å². The number of hydrogen-bond donors (Lipinski definition) is 1. The van der Waals surface area contributed by atoms with Gasteiger partial charge in [-0.1, -0.05) is 26.0 Å². The predicted octanol–water partition coefficient (Wildman–Crippen LogP) is 1.50. The van der Waals surface area contributed by atoms with Crippen LogP contribution in [0, 0.1) is 0 Å². The van der Waals surface area contributed by atoms with Gasteiger partial charge in [-0.15, -0.1) is 0 Å². The topological polar surface area (TPSA) is 97.5 Å². The molecule has 6 nitrogen and oxygen atoms in total. The highest BCUT2D eigenvalue weighted by Gasteiger charge is 2.49. The van der Waals surface area contributed by atoms with E-state index in [1.807, 2.05) is 0 Å². The van der Waals surface area contributed by atoms with Gasteiger partial charge in [0.05, 0.1) is 11.1 Å². The first kappa shape index (κ1) is 17.3. The number of halogens is 1. The van der Waals surface area contributed by atoms with Crippen molar-refractivity contribution in [1.82, 2.24) is 4.90 Å². The highest BCUT2D eigenvalue weighted by Crippen LogP contribution is 2.28. The van der Waals surface area contributed by atoms with E-state index in [1.54, 1.807) is 26.0 Å². The lowest BCUT2D eigenvalue weighted by atomic mass is 9.87. The molecule has 0 spiro atoms. The Morgan fingerprint density at radius 1 is 1.17 bits per heavy atom. The molecule has 23 heavy (non-hydrogen) atoms. The van der Waals surface area contributed by atoms with E-state index in [0.717, 1.165) is 4.90 Å². The number of hydrogen-bond acceptors (Lipinski definition) is 5. The van der Waals surface area contributed by atoms with Crippen LogP contribution in [0.3, 0.4) is 0 Å². The van der Waals surface area contributed by atoms with Crippen molar-refractivity contribution in [3.8, 4) is 0 Å². The summed E-state index contributed by atoms with van der Waals surface area (Å²) >= 11 is 5.48. The molecule has 1 aromatic carbocycles. The molecule has 0 bridgehead atoms. The van der Waals surface area contributed by atoms with Gasteiger partial charge in [-0.25, -0.2) is 0 Å². The largest absolute Gasteiger partial charge is 0.312 e. The molecule has 0 aromatic heterocycles. The summed E-state index contributed by atoms with van der Waals surface area (Å²) in [4.78, 5) is 50.2. The predicted molar refractivity (Wildman–Crippen MR) is 84.1 cm³/mol. The van der Waals surface area contributed by atoms with Crippen LogP contribution in [0.25, 0.3) is 0 Å². The van der Waals surface area contributed by atoms with Gasteiger partial charge in [0.1, 0.15) is 6.04 Å². The third kappa shape index (κ3) is 2.58. The van der Waals surface area contributed by atoms with E-state index in [4.69, 9.17) is 17.3 Å². The fourth-order valence-electron chi connectivity index (χ4n) is 2.68. The molecule has 7 heteroatoms. The standard InChI is InChI=1S/C16H17ClN2O4/c1-3-11(12(20)16(18,4-2)15(17)23)19-13(21)9-7-5-6-8-10(9)14(19)22/h5-8,11H,3-4,18H2,1-2H3/t11-,16-/m0/s1. The highest BCUT2D eigenvalue weighted by atomic mass is 35.5. The van der Waals surface area contributed by atoms with Gasteiger partial charge < -0.3 is 5.73 Å². The zero-order chi connectivity index (χ0) is 17.4. The Balaban J connectivity index is 2.44. The number of nitrogens with two attached hydrogens (primary N) is 1. The fraction of sp³-hybridized carbons (Fsp3) is 0.375. The van der Waals surface area contributed by atoms with Crippen molar-refractivity contribution in [3.63, 3.8) is 0 Å². The molecule has 2 amide bonds. The lowest BCUT2D eigenvalue weighted by molar-refractivity contribution is -0.134. The van der Waals surface area contributed by atoms with Crippen molar-refractivity contribution < 1.29 is 19.2 Å². The molecule has 2 atom stereocenters. The molecule has 0 fully saturated rings. The molecular formula is C16H17ClN2O4. The van der Waals surface area contributed by atoms with Gasteiger partial charge in [0.2, 0.25) is 5.24 Å². The number of carbonyl (C=O) groups excluding carboxylic acids is 4. The molecule has 2 N–H and O–H groups in total. The van der Waals surface area contributed by atoms with Crippen molar-refractivity contribution in [3.05, 3.63) is 35.4 Å². The smallest absolute Gasteiger partial charge is 0.262 e. The molecule has 1 aliphatic rings. The molecule has 1 heterocycles. The van der Waals surface area contributed by atoms with Crippen LogP contribution in [0.4, 0.5) is 0 Å². The number of rotatable bonds is 6. The first-order valence-corrected chi connectivity index (χ1v) is 7.67. The Labute approximate surface area is 138 Å². The van der Waals surface area contributed by atoms with Crippen molar-refractivity contribution in [2.24, 2.45) is 5.73 Å². The summed E-state index contributed by atoms with van der Waals surface area (Å²) in [5.41, 5.74) is 4.40. The van der Waals surface area contributed by atoms with E-state index >= 15 is 0 Å². The van der Waals surface area contributed by atoms with Gasteiger partial charge >= 0.3 is 0 Å². The van der Waals surface area contributed by atoms with Gasteiger partial charge in [-0.3, -0.25) is 24.1 Å². The van der Waals surface area contributed by atoms with Gasteiger partial charge in [0.15, 0.2) is 11.3 Å². The first-order valence-electron chi connectivity index (χ1n) is 7.29. The normalized spacial score (nSPS) is 17.7. The average molecular weight is 337 g/mol. The maximum atomic E-state index is 12.7. The molecule has 0 saturated heterocycles. The number of fused-ring (bicyclic) bond motifs is 1. The molecular weight excluding hydrogens is 320 g/mol. The first-order chi connectivity index (χ1) is 10.8. The van der Waals surface area contributed by atoms with E-state index in [9.17, 15) is 19.2 Å².